The number of ether oxygens (including phenoxy) is 1. The van der Waals surface area contributed by atoms with E-state index in [4.69, 9.17) is 4.74 Å². The van der Waals surface area contributed by atoms with E-state index < -0.39 is 12.0 Å². The normalized spacial score (nSPS) is 13.7. The van der Waals surface area contributed by atoms with Gasteiger partial charge in [-0.05, 0) is 41.9 Å². The molecule has 1 aromatic carbocycles. The van der Waals surface area contributed by atoms with Crippen molar-refractivity contribution in [3.8, 4) is 0 Å². The Morgan fingerprint density at radius 3 is 1.90 bits per heavy atom. The van der Waals surface area contributed by atoms with Gasteiger partial charge in [-0.15, -0.1) is 0 Å². The quantitative estimate of drug-likeness (QED) is 0.650. The molecule has 0 spiro atoms. The fraction of sp³-hybridized carbons (Fsp3) is 0.609. The third-order valence-electron chi connectivity index (χ3n) is 4.95. The van der Waals surface area contributed by atoms with Gasteiger partial charge in [-0.3, -0.25) is 9.59 Å². The second-order valence-corrected chi connectivity index (χ2v) is 9.23. The Hall–Kier alpha value is -2.37. The summed E-state index contributed by atoms with van der Waals surface area (Å²) in [6.07, 6.45) is 0. The van der Waals surface area contributed by atoms with Crippen molar-refractivity contribution in [1.29, 1.82) is 0 Å². The molecule has 6 nitrogen and oxygen atoms in total. The van der Waals surface area contributed by atoms with Crippen LogP contribution in [0.1, 0.15) is 71.3 Å². The Labute approximate surface area is 174 Å². The first kappa shape index (κ1) is 24.7. The maximum atomic E-state index is 12.6. The number of amides is 2. The standard InChI is InChI=1S/C23H36N2O4/c1-14(2)16(5)24-19(26)13-29-22(28)20(15(3)4)25-21(27)17-9-11-18(12-10-17)23(6,7)8/h9-12,14-16,20H,13H2,1-8H3,(H,24,26)(H,25,27)/t16-,20+/m1/s1. The summed E-state index contributed by atoms with van der Waals surface area (Å²) in [5, 5.41) is 5.51. The smallest absolute Gasteiger partial charge is 0.329 e. The zero-order chi connectivity index (χ0) is 22.4. The molecule has 0 aliphatic heterocycles. The van der Waals surface area contributed by atoms with Crippen molar-refractivity contribution in [2.24, 2.45) is 11.8 Å². The van der Waals surface area contributed by atoms with Crippen LogP contribution in [-0.4, -0.2) is 36.5 Å². The van der Waals surface area contributed by atoms with Crippen molar-refractivity contribution in [2.45, 2.75) is 72.9 Å². The van der Waals surface area contributed by atoms with Crippen molar-refractivity contribution in [3.05, 3.63) is 35.4 Å². The van der Waals surface area contributed by atoms with Crippen molar-refractivity contribution >= 4 is 17.8 Å². The molecule has 0 aliphatic carbocycles. The van der Waals surface area contributed by atoms with Crippen LogP contribution in [0.5, 0.6) is 0 Å². The van der Waals surface area contributed by atoms with Crippen LogP contribution in [0.4, 0.5) is 0 Å². The van der Waals surface area contributed by atoms with Crippen LogP contribution in [0.3, 0.4) is 0 Å². The molecule has 0 bridgehead atoms. The van der Waals surface area contributed by atoms with Crippen molar-refractivity contribution in [1.82, 2.24) is 10.6 Å². The molecule has 1 rings (SSSR count). The van der Waals surface area contributed by atoms with Crippen molar-refractivity contribution in [3.63, 3.8) is 0 Å². The molecular formula is C23H36N2O4. The molecule has 0 aliphatic rings. The minimum Gasteiger partial charge on any atom is -0.454 e. The monoisotopic (exact) mass is 404 g/mol. The second-order valence-electron chi connectivity index (χ2n) is 9.23. The predicted molar refractivity (Wildman–Crippen MR) is 115 cm³/mol. The van der Waals surface area contributed by atoms with Crippen LogP contribution in [0.15, 0.2) is 24.3 Å². The van der Waals surface area contributed by atoms with E-state index in [1.165, 1.54) is 0 Å². The molecular weight excluding hydrogens is 368 g/mol. The predicted octanol–water partition coefficient (Wildman–Crippen LogP) is 3.44. The Morgan fingerprint density at radius 1 is 0.897 bits per heavy atom. The summed E-state index contributed by atoms with van der Waals surface area (Å²) in [5.41, 5.74) is 1.59. The largest absolute Gasteiger partial charge is 0.454 e. The zero-order valence-corrected chi connectivity index (χ0v) is 19.0. The number of carbonyl (C=O) groups excluding carboxylic acids is 3. The first-order valence-corrected chi connectivity index (χ1v) is 10.2. The lowest BCUT2D eigenvalue weighted by Gasteiger charge is -2.22. The van der Waals surface area contributed by atoms with E-state index in [9.17, 15) is 14.4 Å². The topological polar surface area (TPSA) is 84.5 Å². The van der Waals surface area contributed by atoms with E-state index in [-0.39, 0.29) is 41.7 Å². The van der Waals surface area contributed by atoms with Gasteiger partial charge in [0.05, 0.1) is 0 Å². The molecule has 1 aromatic rings. The molecule has 0 unspecified atom stereocenters. The van der Waals surface area contributed by atoms with E-state index in [1.54, 1.807) is 12.1 Å². The minimum atomic E-state index is -0.833. The zero-order valence-electron chi connectivity index (χ0n) is 19.0. The number of nitrogens with one attached hydrogen (secondary N) is 2. The summed E-state index contributed by atoms with van der Waals surface area (Å²) in [5.74, 6) is -1.22. The van der Waals surface area contributed by atoms with E-state index in [0.717, 1.165) is 5.56 Å². The highest BCUT2D eigenvalue weighted by molar-refractivity contribution is 5.97. The SMILES string of the molecule is CC(C)[C@H](NC(=O)c1ccc(C(C)(C)C)cc1)C(=O)OCC(=O)N[C@H](C)C(C)C. The van der Waals surface area contributed by atoms with Gasteiger partial charge in [-0.25, -0.2) is 4.79 Å². The van der Waals surface area contributed by atoms with Gasteiger partial charge in [0.1, 0.15) is 6.04 Å². The molecule has 2 N–H and O–H groups in total. The Bertz CT molecular complexity index is 703. The maximum Gasteiger partial charge on any atom is 0.329 e. The summed E-state index contributed by atoms with van der Waals surface area (Å²) in [7, 11) is 0. The van der Waals surface area contributed by atoms with Gasteiger partial charge in [0, 0.05) is 11.6 Å². The Balaban J connectivity index is 2.71. The number of carbonyl (C=O) groups is 3. The second kappa shape index (κ2) is 10.4. The maximum absolute atomic E-state index is 12.6. The molecule has 0 saturated carbocycles. The Kier molecular flexibility index (Phi) is 8.86. The van der Waals surface area contributed by atoms with Gasteiger partial charge in [0.25, 0.3) is 11.8 Å². The molecule has 0 fully saturated rings. The van der Waals surface area contributed by atoms with Crippen LogP contribution >= 0.6 is 0 Å². The van der Waals surface area contributed by atoms with Gasteiger partial charge >= 0.3 is 5.97 Å². The van der Waals surface area contributed by atoms with Gasteiger partial charge in [0.2, 0.25) is 0 Å². The van der Waals surface area contributed by atoms with E-state index in [0.29, 0.717) is 5.56 Å². The molecule has 0 heterocycles. The van der Waals surface area contributed by atoms with Crippen LogP contribution in [-0.2, 0) is 19.7 Å². The number of rotatable bonds is 8. The average Bonchev–Trinajstić information content (AvgIpc) is 2.62. The summed E-state index contributed by atoms with van der Waals surface area (Å²) >= 11 is 0. The molecule has 29 heavy (non-hydrogen) atoms. The molecule has 6 heteroatoms. The van der Waals surface area contributed by atoms with Crippen LogP contribution in [0.2, 0.25) is 0 Å². The lowest BCUT2D eigenvalue weighted by molar-refractivity contribution is -0.151. The number of esters is 1. The fourth-order valence-corrected chi connectivity index (χ4v) is 2.53. The summed E-state index contributed by atoms with van der Waals surface area (Å²) < 4.78 is 5.14. The summed E-state index contributed by atoms with van der Waals surface area (Å²) in [4.78, 5) is 37.0. The van der Waals surface area contributed by atoms with Crippen LogP contribution < -0.4 is 10.6 Å². The van der Waals surface area contributed by atoms with E-state index in [2.05, 4.69) is 31.4 Å². The first-order chi connectivity index (χ1) is 13.3. The lowest BCUT2D eigenvalue weighted by Crippen LogP contribution is -2.46. The van der Waals surface area contributed by atoms with Gasteiger partial charge in [-0.1, -0.05) is 60.6 Å². The Morgan fingerprint density at radius 2 is 1.45 bits per heavy atom. The highest BCUT2D eigenvalue weighted by Gasteiger charge is 2.27. The first-order valence-electron chi connectivity index (χ1n) is 10.2. The fourth-order valence-electron chi connectivity index (χ4n) is 2.53. The van der Waals surface area contributed by atoms with Gasteiger partial charge in [0.15, 0.2) is 6.61 Å². The molecule has 2 atom stereocenters. The third-order valence-corrected chi connectivity index (χ3v) is 4.95. The lowest BCUT2D eigenvalue weighted by atomic mass is 9.86. The molecule has 0 aromatic heterocycles. The van der Waals surface area contributed by atoms with E-state index >= 15 is 0 Å². The van der Waals surface area contributed by atoms with Crippen molar-refractivity contribution < 1.29 is 19.1 Å². The molecule has 2 amide bonds. The molecule has 0 radical (unpaired) electrons. The minimum absolute atomic E-state index is 0.00702. The summed E-state index contributed by atoms with van der Waals surface area (Å²) in [6, 6.07) is 6.48. The van der Waals surface area contributed by atoms with Crippen LogP contribution in [0.25, 0.3) is 0 Å². The van der Waals surface area contributed by atoms with Crippen molar-refractivity contribution in [2.75, 3.05) is 6.61 Å². The van der Waals surface area contributed by atoms with E-state index in [1.807, 2.05) is 46.8 Å². The third kappa shape index (κ3) is 7.87. The van der Waals surface area contributed by atoms with Gasteiger partial charge < -0.3 is 15.4 Å². The van der Waals surface area contributed by atoms with Crippen LogP contribution in [0, 0.1) is 11.8 Å². The number of hydrogen-bond acceptors (Lipinski definition) is 4. The summed E-state index contributed by atoms with van der Waals surface area (Å²) in [6.45, 7) is 15.5. The number of benzene rings is 1. The molecule has 162 valence electrons. The molecule has 0 saturated heterocycles. The average molecular weight is 405 g/mol. The van der Waals surface area contributed by atoms with Gasteiger partial charge in [-0.2, -0.15) is 0 Å². The number of hydrogen-bond donors (Lipinski definition) is 2. The highest BCUT2D eigenvalue weighted by atomic mass is 16.5. The highest BCUT2D eigenvalue weighted by Crippen LogP contribution is 2.22.